The maximum absolute atomic E-state index is 12.4. The third kappa shape index (κ3) is 4.46. The summed E-state index contributed by atoms with van der Waals surface area (Å²) in [6.07, 6.45) is 0.772. The van der Waals surface area contributed by atoms with Crippen LogP contribution in [0.1, 0.15) is 28.8 Å². The SMILES string of the molecule is COC(=O)CCCNC(=O)c1ccc(-c2cc(=O)c3cc(C)ccc3o2)cc1. The van der Waals surface area contributed by atoms with Crippen LogP contribution >= 0.6 is 0 Å². The first-order valence-corrected chi connectivity index (χ1v) is 8.98. The highest BCUT2D eigenvalue weighted by molar-refractivity contribution is 5.94. The number of hydrogen-bond acceptors (Lipinski definition) is 5. The number of methoxy groups -OCH3 is 1. The monoisotopic (exact) mass is 379 g/mol. The molecule has 0 fully saturated rings. The highest BCUT2D eigenvalue weighted by Gasteiger charge is 2.10. The minimum absolute atomic E-state index is 0.104. The zero-order valence-electron chi connectivity index (χ0n) is 15.8. The molecule has 6 nitrogen and oxygen atoms in total. The van der Waals surface area contributed by atoms with Crippen molar-refractivity contribution in [3.05, 3.63) is 69.9 Å². The normalized spacial score (nSPS) is 10.6. The number of hydrogen-bond donors (Lipinski definition) is 1. The Labute approximate surface area is 162 Å². The van der Waals surface area contributed by atoms with Gasteiger partial charge in [0.2, 0.25) is 0 Å². The fourth-order valence-corrected chi connectivity index (χ4v) is 2.84. The second-order valence-corrected chi connectivity index (χ2v) is 6.49. The molecule has 1 heterocycles. The van der Waals surface area contributed by atoms with E-state index in [1.807, 2.05) is 13.0 Å². The third-order valence-electron chi connectivity index (χ3n) is 4.39. The van der Waals surface area contributed by atoms with Gasteiger partial charge in [-0.3, -0.25) is 14.4 Å². The predicted molar refractivity (Wildman–Crippen MR) is 106 cm³/mol. The Morgan fingerprint density at radius 1 is 1.07 bits per heavy atom. The van der Waals surface area contributed by atoms with Crippen molar-refractivity contribution in [1.82, 2.24) is 5.32 Å². The number of esters is 1. The molecule has 3 aromatic rings. The van der Waals surface area contributed by atoms with Gasteiger partial charge in [0.15, 0.2) is 5.43 Å². The van der Waals surface area contributed by atoms with Crippen LogP contribution in [0.15, 0.2) is 57.7 Å². The Kier molecular flexibility index (Phi) is 5.89. The van der Waals surface area contributed by atoms with E-state index in [1.54, 1.807) is 36.4 Å². The summed E-state index contributed by atoms with van der Waals surface area (Å²) in [5.74, 6) is -0.0797. The molecule has 0 aliphatic carbocycles. The summed E-state index contributed by atoms with van der Waals surface area (Å²) in [5.41, 5.74) is 2.62. The van der Waals surface area contributed by atoms with Crippen LogP contribution in [0.25, 0.3) is 22.3 Å². The van der Waals surface area contributed by atoms with Gasteiger partial charge < -0.3 is 14.5 Å². The lowest BCUT2D eigenvalue weighted by atomic mass is 10.1. The van der Waals surface area contributed by atoms with Crippen molar-refractivity contribution in [2.24, 2.45) is 0 Å². The number of amides is 1. The van der Waals surface area contributed by atoms with E-state index in [4.69, 9.17) is 4.42 Å². The van der Waals surface area contributed by atoms with Gasteiger partial charge in [0.05, 0.1) is 12.5 Å². The molecule has 3 rings (SSSR count). The van der Waals surface area contributed by atoms with Crippen LogP contribution in [-0.4, -0.2) is 25.5 Å². The predicted octanol–water partition coefficient (Wildman–Crippen LogP) is 3.45. The van der Waals surface area contributed by atoms with E-state index in [2.05, 4.69) is 10.1 Å². The number of carbonyl (C=O) groups is 2. The summed E-state index contributed by atoms with van der Waals surface area (Å²) >= 11 is 0. The van der Waals surface area contributed by atoms with Gasteiger partial charge in [-0.1, -0.05) is 23.8 Å². The first kappa shape index (κ1) is 19.4. The fourth-order valence-electron chi connectivity index (χ4n) is 2.84. The Balaban J connectivity index is 1.71. The van der Waals surface area contributed by atoms with Gasteiger partial charge in [-0.15, -0.1) is 0 Å². The lowest BCUT2D eigenvalue weighted by Crippen LogP contribution is -2.24. The molecule has 1 aromatic heterocycles. The van der Waals surface area contributed by atoms with Crippen molar-refractivity contribution in [2.75, 3.05) is 13.7 Å². The largest absolute Gasteiger partial charge is 0.469 e. The van der Waals surface area contributed by atoms with Gasteiger partial charge in [0.25, 0.3) is 5.91 Å². The molecule has 28 heavy (non-hydrogen) atoms. The van der Waals surface area contributed by atoms with Gasteiger partial charge in [-0.25, -0.2) is 0 Å². The zero-order chi connectivity index (χ0) is 20.1. The third-order valence-corrected chi connectivity index (χ3v) is 4.39. The Morgan fingerprint density at radius 2 is 1.82 bits per heavy atom. The van der Waals surface area contributed by atoms with Gasteiger partial charge in [-0.2, -0.15) is 0 Å². The lowest BCUT2D eigenvalue weighted by Gasteiger charge is -2.07. The lowest BCUT2D eigenvalue weighted by molar-refractivity contribution is -0.140. The van der Waals surface area contributed by atoms with E-state index in [0.29, 0.717) is 40.8 Å². The molecule has 0 unspecified atom stereocenters. The molecule has 1 amide bonds. The molecule has 0 saturated heterocycles. The van der Waals surface area contributed by atoms with Crippen LogP contribution in [0, 0.1) is 6.92 Å². The van der Waals surface area contributed by atoms with Crippen LogP contribution in [0.4, 0.5) is 0 Å². The molecule has 2 aromatic carbocycles. The molecule has 1 N–H and O–H groups in total. The molecule has 144 valence electrons. The summed E-state index contributed by atoms with van der Waals surface area (Å²) in [6.45, 7) is 2.31. The van der Waals surface area contributed by atoms with E-state index in [0.717, 1.165) is 5.56 Å². The molecular weight excluding hydrogens is 358 g/mol. The van der Waals surface area contributed by atoms with Crippen molar-refractivity contribution in [2.45, 2.75) is 19.8 Å². The van der Waals surface area contributed by atoms with Crippen LogP contribution in [0.5, 0.6) is 0 Å². The topological polar surface area (TPSA) is 85.6 Å². The highest BCUT2D eigenvalue weighted by atomic mass is 16.5. The van der Waals surface area contributed by atoms with E-state index < -0.39 is 0 Å². The Hall–Kier alpha value is -3.41. The second kappa shape index (κ2) is 8.52. The Morgan fingerprint density at radius 3 is 2.54 bits per heavy atom. The minimum atomic E-state index is -0.300. The minimum Gasteiger partial charge on any atom is -0.469 e. The summed E-state index contributed by atoms with van der Waals surface area (Å²) in [5, 5.41) is 3.30. The first-order chi connectivity index (χ1) is 13.5. The number of fused-ring (bicyclic) bond motifs is 1. The van der Waals surface area contributed by atoms with Crippen molar-refractivity contribution in [1.29, 1.82) is 0 Å². The molecular formula is C22H21NO5. The number of rotatable bonds is 6. The molecule has 0 spiro atoms. The van der Waals surface area contributed by atoms with Crippen LogP contribution in [0.2, 0.25) is 0 Å². The standard InChI is InChI=1S/C22H21NO5/c1-14-5-10-19-17(12-14)18(24)13-20(28-19)15-6-8-16(9-7-15)22(26)23-11-3-4-21(25)27-2/h5-10,12-13H,3-4,11H2,1-2H3,(H,23,26). The van der Waals surface area contributed by atoms with Crippen molar-refractivity contribution >= 4 is 22.8 Å². The van der Waals surface area contributed by atoms with E-state index in [-0.39, 0.29) is 23.7 Å². The van der Waals surface area contributed by atoms with Crippen LogP contribution in [0.3, 0.4) is 0 Å². The maximum atomic E-state index is 12.4. The number of benzene rings is 2. The summed E-state index contributed by atoms with van der Waals surface area (Å²) < 4.78 is 10.4. The molecule has 0 bridgehead atoms. The quantitative estimate of drug-likeness (QED) is 0.524. The van der Waals surface area contributed by atoms with Crippen molar-refractivity contribution < 1.29 is 18.7 Å². The smallest absolute Gasteiger partial charge is 0.305 e. The molecule has 6 heteroatoms. The van der Waals surface area contributed by atoms with Gasteiger partial charge >= 0.3 is 5.97 Å². The van der Waals surface area contributed by atoms with Gasteiger partial charge in [-0.05, 0) is 37.6 Å². The number of aryl methyl sites for hydroxylation is 1. The van der Waals surface area contributed by atoms with Crippen LogP contribution in [-0.2, 0) is 9.53 Å². The molecule has 0 atom stereocenters. The molecule has 0 saturated carbocycles. The summed E-state index contributed by atoms with van der Waals surface area (Å²) in [4.78, 5) is 35.6. The fraction of sp³-hybridized carbons (Fsp3) is 0.227. The Bertz CT molecular complexity index is 1070. The van der Waals surface area contributed by atoms with E-state index in [9.17, 15) is 14.4 Å². The van der Waals surface area contributed by atoms with Gasteiger partial charge in [0, 0.05) is 30.2 Å². The summed E-state index contributed by atoms with van der Waals surface area (Å²) in [6, 6.07) is 13.8. The molecule has 0 aliphatic rings. The number of nitrogens with one attached hydrogen (secondary N) is 1. The van der Waals surface area contributed by atoms with Crippen molar-refractivity contribution in [3.63, 3.8) is 0 Å². The zero-order valence-corrected chi connectivity index (χ0v) is 15.8. The van der Waals surface area contributed by atoms with E-state index in [1.165, 1.54) is 13.2 Å². The molecule has 0 aliphatic heterocycles. The average molecular weight is 379 g/mol. The highest BCUT2D eigenvalue weighted by Crippen LogP contribution is 2.23. The second-order valence-electron chi connectivity index (χ2n) is 6.49. The van der Waals surface area contributed by atoms with Gasteiger partial charge in [0.1, 0.15) is 11.3 Å². The average Bonchev–Trinajstić information content (AvgIpc) is 2.71. The van der Waals surface area contributed by atoms with Crippen LogP contribution < -0.4 is 10.7 Å². The maximum Gasteiger partial charge on any atom is 0.305 e. The first-order valence-electron chi connectivity index (χ1n) is 8.98. The van der Waals surface area contributed by atoms with Crippen molar-refractivity contribution in [3.8, 4) is 11.3 Å². The number of ether oxygens (including phenoxy) is 1. The van der Waals surface area contributed by atoms with E-state index >= 15 is 0 Å². The number of carbonyl (C=O) groups excluding carboxylic acids is 2. The summed E-state index contributed by atoms with van der Waals surface area (Å²) in [7, 11) is 1.33. The molecule has 0 radical (unpaired) electrons.